The molecule has 24 heavy (non-hydrogen) atoms. The summed E-state index contributed by atoms with van der Waals surface area (Å²) in [6.07, 6.45) is 2.49. The number of halogens is 1. The van der Waals surface area contributed by atoms with Gasteiger partial charge in [-0.3, -0.25) is 4.90 Å². The zero-order valence-electron chi connectivity index (χ0n) is 14.7. The van der Waals surface area contributed by atoms with Crippen molar-refractivity contribution in [1.82, 2.24) is 10.2 Å². The van der Waals surface area contributed by atoms with E-state index in [1.807, 2.05) is 18.2 Å². The number of nitrogens with one attached hydrogen (secondary N) is 1. The van der Waals surface area contributed by atoms with Gasteiger partial charge in [0, 0.05) is 24.2 Å². The van der Waals surface area contributed by atoms with Crippen LogP contribution < -0.4 is 20.5 Å². The number of ether oxygens (including phenoxy) is 2. The predicted molar refractivity (Wildman–Crippen MR) is 109 cm³/mol. The van der Waals surface area contributed by atoms with Crippen molar-refractivity contribution in [3.05, 3.63) is 23.8 Å². The van der Waals surface area contributed by atoms with E-state index in [1.165, 1.54) is 19.4 Å². The van der Waals surface area contributed by atoms with Crippen molar-refractivity contribution >= 4 is 29.9 Å². The Bertz CT molecular complexity index is 539. The predicted octanol–water partition coefficient (Wildman–Crippen LogP) is 2.21. The van der Waals surface area contributed by atoms with Crippen LogP contribution in [0.4, 0.5) is 0 Å². The summed E-state index contributed by atoms with van der Waals surface area (Å²) in [4.78, 5) is 6.89. The molecule has 0 spiro atoms. The Morgan fingerprint density at radius 3 is 2.83 bits per heavy atom. The highest BCUT2D eigenvalue weighted by molar-refractivity contribution is 14.0. The third kappa shape index (κ3) is 5.70. The van der Waals surface area contributed by atoms with Crippen LogP contribution in [-0.4, -0.2) is 50.8 Å². The lowest BCUT2D eigenvalue weighted by Gasteiger charge is -2.23. The number of hydrogen-bond acceptors (Lipinski definition) is 4. The molecule has 0 aromatic heterocycles. The van der Waals surface area contributed by atoms with Gasteiger partial charge in [0.15, 0.2) is 5.96 Å². The third-order valence-corrected chi connectivity index (χ3v) is 4.34. The van der Waals surface area contributed by atoms with Gasteiger partial charge in [-0.2, -0.15) is 0 Å². The lowest BCUT2D eigenvalue weighted by Crippen LogP contribution is -2.42. The first kappa shape index (κ1) is 20.8. The number of likely N-dealkylation sites (N-methyl/N-ethyl adjacent to an activating group) is 1. The molecule has 1 unspecified atom stereocenters. The quantitative estimate of drug-likeness (QED) is 0.380. The molecule has 1 heterocycles. The Morgan fingerprint density at radius 1 is 1.38 bits per heavy atom. The molecule has 3 N–H and O–H groups in total. The molecule has 1 aliphatic rings. The Kier molecular flexibility index (Phi) is 9.20. The molecule has 6 nitrogen and oxygen atoms in total. The highest BCUT2D eigenvalue weighted by Gasteiger charge is 2.22. The minimum atomic E-state index is 0. The van der Waals surface area contributed by atoms with Crippen molar-refractivity contribution < 1.29 is 9.47 Å². The van der Waals surface area contributed by atoms with E-state index in [0.29, 0.717) is 18.5 Å². The van der Waals surface area contributed by atoms with Crippen LogP contribution in [0.2, 0.25) is 0 Å². The summed E-state index contributed by atoms with van der Waals surface area (Å²) >= 11 is 0. The summed E-state index contributed by atoms with van der Waals surface area (Å²) in [5.74, 6) is 2.00. The standard InChI is InChI=1S/C17H28N4O2.HI/c1-4-21-9-5-6-14(21)12-20-17(18)19-11-13-7-8-15(22-2)10-16(13)23-3;/h7-8,10,14H,4-6,9,11-12H2,1-3H3,(H3,18,19,20);1H. The molecule has 1 aliphatic heterocycles. The lowest BCUT2D eigenvalue weighted by molar-refractivity contribution is 0.267. The minimum Gasteiger partial charge on any atom is -0.497 e. The second kappa shape index (κ2) is 10.6. The van der Waals surface area contributed by atoms with Gasteiger partial charge in [-0.05, 0) is 38.1 Å². The fourth-order valence-electron chi connectivity index (χ4n) is 2.97. The van der Waals surface area contributed by atoms with Crippen LogP contribution in [0.5, 0.6) is 11.5 Å². The average Bonchev–Trinajstić information content (AvgIpc) is 3.05. The maximum absolute atomic E-state index is 5.99. The Morgan fingerprint density at radius 2 is 2.17 bits per heavy atom. The smallest absolute Gasteiger partial charge is 0.188 e. The Hall–Kier alpha value is -1.22. The number of hydrogen-bond donors (Lipinski definition) is 2. The molecule has 0 amide bonds. The number of guanidine groups is 1. The van der Waals surface area contributed by atoms with E-state index in [4.69, 9.17) is 15.2 Å². The van der Waals surface area contributed by atoms with Crippen molar-refractivity contribution in [3.63, 3.8) is 0 Å². The molecule has 7 heteroatoms. The van der Waals surface area contributed by atoms with Crippen LogP contribution in [-0.2, 0) is 6.54 Å². The molecule has 0 saturated carbocycles. The number of likely N-dealkylation sites (tertiary alicyclic amines) is 1. The summed E-state index contributed by atoms with van der Waals surface area (Å²) in [6.45, 7) is 5.80. The minimum absolute atomic E-state index is 0. The van der Waals surface area contributed by atoms with E-state index in [0.717, 1.165) is 30.2 Å². The largest absolute Gasteiger partial charge is 0.497 e. The monoisotopic (exact) mass is 448 g/mol. The molecular weight excluding hydrogens is 419 g/mol. The van der Waals surface area contributed by atoms with Crippen LogP contribution in [0.1, 0.15) is 25.3 Å². The molecule has 1 aromatic rings. The summed E-state index contributed by atoms with van der Waals surface area (Å²) < 4.78 is 10.6. The summed E-state index contributed by atoms with van der Waals surface area (Å²) in [5, 5.41) is 3.24. The molecule has 0 bridgehead atoms. The highest BCUT2D eigenvalue weighted by atomic mass is 127. The van der Waals surface area contributed by atoms with E-state index in [9.17, 15) is 0 Å². The maximum atomic E-state index is 5.99. The van der Waals surface area contributed by atoms with Gasteiger partial charge in [0.25, 0.3) is 0 Å². The molecule has 1 aromatic carbocycles. The highest BCUT2D eigenvalue weighted by Crippen LogP contribution is 2.25. The maximum Gasteiger partial charge on any atom is 0.188 e. The molecule has 2 rings (SSSR count). The normalized spacial score (nSPS) is 18.1. The van der Waals surface area contributed by atoms with Crippen molar-refractivity contribution in [2.75, 3.05) is 33.9 Å². The van der Waals surface area contributed by atoms with E-state index in [2.05, 4.69) is 22.1 Å². The van der Waals surface area contributed by atoms with Gasteiger partial charge >= 0.3 is 0 Å². The third-order valence-electron chi connectivity index (χ3n) is 4.34. The topological polar surface area (TPSA) is 72.1 Å². The van der Waals surface area contributed by atoms with Gasteiger partial charge in [-0.15, -0.1) is 24.0 Å². The van der Waals surface area contributed by atoms with E-state index in [1.54, 1.807) is 14.2 Å². The Labute approximate surface area is 161 Å². The average molecular weight is 448 g/mol. The molecule has 0 radical (unpaired) electrons. The van der Waals surface area contributed by atoms with Gasteiger partial charge < -0.3 is 20.5 Å². The van der Waals surface area contributed by atoms with Crippen molar-refractivity contribution in [1.29, 1.82) is 0 Å². The summed E-state index contributed by atoms with van der Waals surface area (Å²) in [6, 6.07) is 6.26. The Balaban J connectivity index is 0.00000288. The number of nitrogens with zero attached hydrogens (tertiary/aromatic N) is 2. The van der Waals surface area contributed by atoms with Crippen molar-refractivity contribution in [2.24, 2.45) is 10.7 Å². The zero-order chi connectivity index (χ0) is 16.7. The van der Waals surface area contributed by atoms with Crippen LogP contribution in [0.3, 0.4) is 0 Å². The van der Waals surface area contributed by atoms with Gasteiger partial charge in [-0.1, -0.05) is 6.92 Å². The van der Waals surface area contributed by atoms with Crippen LogP contribution in [0.15, 0.2) is 23.2 Å². The zero-order valence-corrected chi connectivity index (χ0v) is 17.1. The number of nitrogens with two attached hydrogens (primary N) is 1. The molecule has 1 atom stereocenters. The van der Waals surface area contributed by atoms with Crippen LogP contribution >= 0.6 is 24.0 Å². The van der Waals surface area contributed by atoms with Gasteiger partial charge in [0.05, 0.1) is 20.8 Å². The molecule has 136 valence electrons. The molecule has 1 fully saturated rings. The summed E-state index contributed by atoms with van der Waals surface area (Å²) in [7, 11) is 3.28. The molecule has 1 saturated heterocycles. The fourth-order valence-corrected chi connectivity index (χ4v) is 2.97. The second-order valence-corrected chi connectivity index (χ2v) is 5.68. The van der Waals surface area contributed by atoms with Crippen molar-refractivity contribution in [3.8, 4) is 11.5 Å². The summed E-state index contributed by atoms with van der Waals surface area (Å²) in [5.41, 5.74) is 6.97. The first-order valence-electron chi connectivity index (χ1n) is 8.16. The van der Waals surface area contributed by atoms with Gasteiger partial charge in [-0.25, -0.2) is 4.99 Å². The van der Waals surface area contributed by atoms with E-state index in [-0.39, 0.29) is 24.0 Å². The first-order valence-corrected chi connectivity index (χ1v) is 8.16. The molecule has 0 aliphatic carbocycles. The number of aliphatic imine (C=N–C) groups is 1. The number of benzene rings is 1. The van der Waals surface area contributed by atoms with Crippen molar-refractivity contribution in [2.45, 2.75) is 32.4 Å². The van der Waals surface area contributed by atoms with Crippen LogP contribution in [0.25, 0.3) is 0 Å². The van der Waals surface area contributed by atoms with E-state index < -0.39 is 0 Å². The number of rotatable bonds is 7. The van der Waals surface area contributed by atoms with E-state index >= 15 is 0 Å². The number of methoxy groups -OCH3 is 2. The second-order valence-electron chi connectivity index (χ2n) is 5.68. The van der Waals surface area contributed by atoms with Gasteiger partial charge in [0.1, 0.15) is 11.5 Å². The fraction of sp³-hybridized carbons (Fsp3) is 0.588. The van der Waals surface area contributed by atoms with Crippen LogP contribution in [0, 0.1) is 0 Å². The van der Waals surface area contributed by atoms with Gasteiger partial charge in [0.2, 0.25) is 0 Å². The first-order chi connectivity index (χ1) is 11.2. The lowest BCUT2D eigenvalue weighted by atomic mass is 10.2. The molecular formula is C17H29IN4O2. The SMILES string of the molecule is CCN1CCCC1CNC(N)=NCc1ccc(OC)cc1OC.I.